The fraction of sp³-hybridized carbons (Fsp3) is 0.462. The Balaban J connectivity index is 2.04. The van der Waals surface area contributed by atoms with Crippen molar-refractivity contribution >= 4 is 17.3 Å². The highest BCUT2D eigenvalue weighted by Gasteiger charge is 2.28. The summed E-state index contributed by atoms with van der Waals surface area (Å²) in [7, 11) is 1.94. The standard InChI is InChI=1S/C13H18N2O3/c1-15(7-8-4-10(16)5-8)9-2-3-11(13(17)18)12(14)6-9/h2-3,6,8,10,16H,4-5,7,14H2,1H3,(H,17,18). The number of nitrogen functional groups attached to an aromatic ring is 1. The first-order valence-electron chi connectivity index (χ1n) is 5.99. The van der Waals surface area contributed by atoms with Crippen molar-refractivity contribution in [2.45, 2.75) is 18.9 Å². The van der Waals surface area contributed by atoms with Gasteiger partial charge < -0.3 is 20.8 Å². The molecule has 0 unspecified atom stereocenters. The quantitative estimate of drug-likeness (QED) is 0.698. The molecule has 0 heterocycles. The molecule has 0 spiro atoms. The molecule has 0 amide bonds. The summed E-state index contributed by atoms with van der Waals surface area (Å²) in [6, 6.07) is 4.96. The van der Waals surface area contributed by atoms with E-state index in [9.17, 15) is 9.90 Å². The Bertz CT molecular complexity index is 456. The smallest absolute Gasteiger partial charge is 0.337 e. The summed E-state index contributed by atoms with van der Waals surface area (Å²) in [6.45, 7) is 0.850. The van der Waals surface area contributed by atoms with E-state index < -0.39 is 5.97 Å². The minimum Gasteiger partial charge on any atom is -0.478 e. The maximum Gasteiger partial charge on any atom is 0.337 e. The highest BCUT2D eigenvalue weighted by atomic mass is 16.4. The lowest BCUT2D eigenvalue weighted by atomic mass is 9.82. The van der Waals surface area contributed by atoms with Crippen LogP contribution in [-0.4, -0.2) is 35.9 Å². The Kier molecular flexibility index (Phi) is 3.43. The molecule has 1 aromatic carbocycles. The van der Waals surface area contributed by atoms with Crippen LogP contribution in [0.5, 0.6) is 0 Å². The van der Waals surface area contributed by atoms with Crippen LogP contribution in [-0.2, 0) is 0 Å². The molecule has 0 bridgehead atoms. The molecule has 0 aromatic heterocycles. The second-order valence-corrected chi connectivity index (χ2v) is 4.95. The van der Waals surface area contributed by atoms with Gasteiger partial charge in [-0.15, -0.1) is 0 Å². The fourth-order valence-corrected chi connectivity index (χ4v) is 2.32. The van der Waals surface area contributed by atoms with Crippen LogP contribution in [0.3, 0.4) is 0 Å². The lowest BCUT2D eigenvalue weighted by molar-refractivity contribution is 0.0464. The summed E-state index contributed by atoms with van der Waals surface area (Å²) in [6.07, 6.45) is 1.53. The van der Waals surface area contributed by atoms with Crippen molar-refractivity contribution in [2.24, 2.45) is 5.92 Å². The molecule has 5 nitrogen and oxygen atoms in total. The van der Waals surface area contributed by atoms with E-state index in [1.54, 1.807) is 12.1 Å². The minimum absolute atomic E-state index is 0.131. The fourth-order valence-electron chi connectivity index (χ4n) is 2.32. The lowest BCUT2D eigenvalue weighted by Gasteiger charge is -2.35. The molecule has 98 valence electrons. The number of carboxylic acid groups (broad SMARTS) is 1. The van der Waals surface area contributed by atoms with Crippen molar-refractivity contribution in [3.8, 4) is 0 Å². The summed E-state index contributed by atoms with van der Waals surface area (Å²) in [5.74, 6) is -0.505. The molecule has 1 fully saturated rings. The molecule has 1 aromatic rings. The van der Waals surface area contributed by atoms with Gasteiger partial charge in [0.15, 0.2) is 0 Å². The van der Waals surface area contributed by atoms with Crippen LogP contribution in [0, 0.1) is 5.92 Å². The monoisotopic (exact) mass is 250 g/mol. The number of benzene rings is 1. The number of aliphatic hydroxyl groups is 1. The number of nitrogens with zero attached hydrogens (tertiary/aromatic N) is 1. The first-order valence-corrected chi connectivity index (χ1v) is 5.99. The number of carbonyl (C=O) groups is 1. The first kappa shape index (κ1) is 12.7. The number of anilines is 2. The molecule has 0 radical (unpaired) electrons. The largest absolute Gasteiger partial charge is 0.478 e. The van der Waals surface area contributed by atoms with Crippen LogP contribution in [0.25, 0.3) is 0 Å². The molecule has 2 rings (SSSR count). The van der Waals surface area contributed by atoms with Gasteiger partial charge in [-0.3, -0.25) is 0 Å². The van der Waals surface area contributed by atoms with E-state index in [4.69, 9.17) is 10.8 Å². The minimum atomic E-state index is -1.01. The molecule has 1 aliphatic rings. The first-order chi connectivity index (χ1) is 8.47. The average Bonchev–Trinajstić information content (AvgIpc) is 2.26. The van der Waals surface area contributed by atoms with E-state index in [1.807, 2.05) is 11.9 Å². The van der Waals surface area contributed by atoms with Gasteiger partial charge in [0, 0.05) is 25.0 Å². The third kappa shape index (κ3) is 2.56. The predicted octanol–water partition coefficient (Wildman–Crippen LogP) is 1.17. The Labute approximate surface area is 106 Å². The third-order valence-corrected chi connectivity index (χ3v) is 3.45. The molecular weight excluding hydrogens is 232 g/mol. The third-order valence-electron chi connectivity index (χ3n) is 3.45. The predicted molar refractivity (Wildman–Crippen MR) is 69.8 cm³/mol. The Hall–Kier alpha value is -1.75. The van der Waals surface area contributed by atoms with Gasteiger partial charge in [-0.1, -0.05) is 0 Å². The van der Waals surface area contributed by atoms with Crippen molar-refractivity contribution in [1.82, 2.24) is 0 Å². The summed E-state index contributed by atoms with van der Waals surface area (Å²) in [4.78, 5) is 12.9. The maximum atomic E-state index is 10.9. The van der Waals surface area contributed by atoms with Crippen molar-refractivity contribution in [2.75, 3.05) is 24.2 Å². The van der Waals surface area contributed by atoms with Crippen LogP contribution in [0.15, 0.2) is 18.2 Å². The normalized spacial score (nSPS) is 22.3. The van der Waals surface area contributed by atoms with Crippen molar-refractivity contribution in [3.63, 3.8) is 0 Å². The van der Waals surface area contributed by atoms with Gasteiger partial charge in [0.2, 0.25) is 0 Å². The van der Waals surface area contributed by atoms with Gasteiger partial charge in [0.05, 0.1) is 11.7 Å². The Morgan fingerprint density at radius 3 is 2.67 bits per heavy atom. The number of aromatic carboxylic acids is 1. The summed E-state index contributed by atoms with van der Waals surface area (Å²) >= 11 is 0. The van der Waals surface area contributed by atoms with Crippen molar-refractivity contribution in [3.05, 3.63) is 23.8 Å². The molecule has 1 saturated carbocycles. The number of rotatable bonds is 4. The highest BCUT2D eigenvalue weighted by Crippen LogP contribution is 2.29. The van der Waals surface area contributed by atoms with Gasteiger partial charge in [-0.25, -0.2) is 4.79 Å². The second kappa shape index (κ2) is 4.86. The van der Waals surface area contributed by atoms with E-state index in [0.717, 1.165) is 25.1 Å². The molecule has 0 aliphatic heterocycles. The summed E-state index contributed by atoms with van der Waals surface area (Å²) in [5.41, 5.74) is 7.02. The van der Waals surface area contributed by atoms with Crippen LogP contribution in [0.4, 0.5) is 11.4 Å². The number of carboxylic acids is 1. The number of nitrogens with two attached hydrogens (primary N) is 1. The molecule has 5 heteroatoms. The number of hydrogen-bond acceptors (Lipinski definition) is 4. The van der Waals surface area contributed by atoms with Gasteiger partial charge in [-0.2, -0.15) is 0 Å². The SMILES string of the molecule is CN(CC1CC(O)C1)c1ccc(C(=O)O)c(N)c1. The zero-order chi connectivity index (χ0) is 13.3. The van der Waals surface area contributed by atoms with E-state index in [0.29, 0.717) is 5.92 Å². The lowest BCUT2D eigenvalue weighted by Crippen LogP contribution is -2.37. The van der Waals surface area contributed by atoms with E-state index >= 15 is 0 Å². The van der Waals surface area contributed by atoms with Gasteiger partial charge in [-0.05, 0) is 37.0 Å². The van der Waals surface area contributed by atoms with Crippen LogP contribution in [0.1, 0.15) is 23.2 Å². The topological polar surface area (TPSA) is 86.8 Å². The van der Waals surface area contributed by atoms with Crippen LogP contribution in [0.2, 0.25) is 0 Å². The molecule has 0 atom stereocenters. The van der Waals surface area contributed by atoms with Crippen LogP contribution < -0.4 is 10.6 Å². The van der Waals surface area contributed by atoms with Crippen molar-refractivity contribution < 1.29 is 15.0 Å². The van der Waals surface area contributed by atoms with E-state index in [-0.39, 0.29) is 17.4 Å². The highest BCUT2D eigenvalue weighted by molar-refractivity contribution is 5.94. The van der Waals surface area contributed by atoms with E-state index in [1.165, 1.54) is 6.07 Å². The molecule has 0 saturated heterocycles. The average molecular weight is 250 g/mol. The summed E-state index contributed by atoms with van der Waals surface area (Å²) < 4.78 is 0. The number of aliphatic hydroxyl groups excluding tert-OH is 1. The molecule has 4 N–H and O–H groups in total. The van der Waals surface area contributed by atoms with E-state index in [2.05, 4.69) is 0 Å². The van der Waals surface area contributed by atoms with Gasteiger partial charge in [0.25, 0.3) is 0 Å². The zero-order valence-corrected chi connectivity index (χ0v) is 10.3. The Morgan fingerprint density at radius 2 is 2.17 bits per heavy atom. The molecule has 1 aliphatic carbocycles. The molecule has 18 heavy (non-hydrogen) atoms. The van der Waals surface area contributed by atoms with Gasteiger partial charge >= 0.3 is 5.97 Å². The summed E-state index contributed by atoms with van der Waals surface area (Å²) in [5, 5.41) is 18.1. The van der Waals surface area contributed by atoms with Crippen molar-refractivity contribution in [1.29, 1.82) is 0 Å². The maximum absolute atomic E-state index is 10.9. The van der Waals surface area contributed by atoms with Gasteiger partial charge in [0.1, 0.15) is 0 Å². The number of hydrogen-bond donors (Lipinski definition) is 3. The Morgan fingerprint density at radius 1 is 1.50 bits per heavy atom. The van der Waals surface area contributed by atoms with Crippen LogP contribution >= 0.6 is 0 Å². The zero-order valence-electron chi connectivity index (χ0n) is 10.3. The second-order valence-electron chi connectivity index (χ2n) is 4.95. The molecular formula is C13H18N2O3.